The number of amides is 1. The molecule has 0 fully saturated rings. The molecule has 7 heteroatoms. The second-order valence-corrected chi connectivity index (χ2v) is 5.64. The lowest BCUT2D eigenvalue weighted by Crippen LogP contribution is -2.18. The maximum Gasteiger partial charge on any atom is 0.274 e. The molecule has 0 spiro atoms. The molecule has 0 aliphatic carbocycles. The summed E-state index contributed by atoms with van der Waals surface area (Å²) < 4.78 is 20.7. The second kappa shape index (κ2) is 6.51. The third-order valence-corrected chi connectivity index (χ3v) is 3.97. The van der Waals surface area contributed by atoms with E-state index in [2.05, 4.69) is 0 Å². The van der Waals surface area contributed by atoms with Crippen molar-refractivity contribution in [3.05, 3.63) is 65.1 Å². The predicted molar refractivity (Wildman–Crippen MR) is 87.9 cm³/mol. The van der Waals surface area contributed by atoms with E-state index < -0.39 is 18.0 Å². The summed E-state index contributed by atoms with van der Waals surface area (Å²) >= 11 is 5.98. The Morgan fingerprint density at radius 2 is 2.08 bits per heavy atom. The molecule has 5 nitrogen and oxygen atoms in total. The average Bonchev–Trinajstić information content (AvgIpc) is 2.99. The van der Waals surface area contributed by atoms with E-state index in [1.165, 1.54) is 18.2 Å². The molecule has 0 bridgehead atoms. The molecule has 0 saturated heterocycles. The lowest BCUT2D eigenvalue weighted by atomic mass is 10.1. The van der Waals surface area contributed by atoms with Crippen LogP contribution in [0.3, 0.4) is 0 Å². The van der Waals surface area contributed by atoms with E-state index in [1.54, 1.807) is 30.6 Å². The number of fused-ring (bicyclic) bond motifs is 1. The number of halogens is 2. The fourth-order valence-corrected chi connectivity index (χ4v) is 2.70. The van der Waals surface area contributed by atoms with Crippen LogP contribution in [0.4, 0.5) is 4.39 Å². The van der Waals surface area contributed by atoms with E-state index >= 15 is 0 Å². The molecule has 24 heavy (non-hydrogen) atoms. The minimum Gasteiger partial charge on any atom is -0.469 e. The lowest BCUT2D eigenvalue weighted by molar-refractivity contribution is 0.0706. The molecule has 3 aromatic rings. The van der Waals surface area contributed by atoms with Gasteiger partial charge in [-0.1, -0.05) is 17.7 Å². The zero-order valence-corrected chi connectivity index (χ0v) is 13.4. The number of benzene rings is 2. The summed E-state index contributed by atoms with van der Waals surface area (Å²) in [7, 11) is 0. The summed E-state index contributed by atoms with van der Waals surface area (Å²) in [4.78, 5) is 11.6. The van der Waals surface area contributed by atoms with Crippen molar-refractivity contribution in [1.82, 2.24) is 10.0 Å². The Morgan fingerprint density at radius 1 is 1.29 bits per heavy atom. The van der Waals surface area contributed by atoms with Crippen molar-refractivity contribution in [1.29, 1.82) is 0 Å². The van der Waals surface area contributed by atoms with Crippen LogP contribution in [0.25, 0.3) is 10.9 Å². The van der Waals surface area contributed by atoms with Gasteiger partial charge >= 0.3 is 0 Å². The lowest BCUT2D eigenvalue weighted by Gasteiger charge is -2.18. The third kappa shape index (κ3) is 3.06. The van der Waals surface area contributed by atoms with E-state index in [0.29, 0.717) is 11.3 Å². The van der Waals surface area contributed by atoms with Crippen LogP contribution in [0.5, 0.6) is 5.75 Å². The molecular weight excluding hydrogens is 335 g/mol. The zero-order chi connectivity index (χ0) is 17.3. The third-order valence-electron chi connectivity index (χ3n) is 3.67. The van der Waals surface area contributed by atoms with Gasteiger partial charge in [0.05, 0.1) is 10.5 Å². The molecular formula is C17H14ClFN2O3. The van der Waals surface area contributed by atoms with E-state index in [4.69, 9.17) is 21.5 Å². The van der Waals surface area contributed by atoms with Gasteiger partial charge in [-0.05, 0) is 48.7 Å². The molecule has 0 radical (unpaired) electrons. The summed E-state index contributed by atoms with van der Waals surface area (Å²) in [6.07, 6.45) is 1.37. The largest absolute Gasteiger partial charge is 0.469 e. The van der Waals surface area contributed by atoms with Crippen LogP contribution in [0.1, 0.15) is 23.5 Å². The molecule has 0 aliphatic rings. The first-order valence-electron chi connectivity index (χ1n) is 7.16. The summed E-state index contributed by atoms with van der Waals surface area (Å²) in [6.45, 7) is 1.80. The first kappa shape index (κ1) is 16.3. The van der Waals surface area contributed by atoms with Gasteiger partial charge in [0.2, 0.25) is 0 Å². The minimum absolute atomic E-state index is 0.179. The van der Waals surface area contributed by atoms with Crippen LogP contribution >= 0.6 is 11.6 Å². The van der Waals surface area contributed by atoms with Gasteiger partial charge in [0, 0.05) is 11.8 Å². The van der Waals surface area contributed by atoms with Crippen LogP contribution in [0, 0.1) is 5.82 Å². The summed E-state index contributed by atoms with van der Waals surface area (Å²) in [5, 5.41) is 9.85. The SMILES string of the molecule is CC(Oc1ccc(F)cc1Cl)n1ccc2ccc(C(=O)NO)cc21. The number of hydrogen-bond acceptors (Lipinski definition) is 3. The molecule has 124 valence electrons. The van der Waals surface area contributed by atoms with Crippen LogP contribution in [-0.2, 0) is 0 Å². The van der Waals surface area contributed by atoms with Crippen molar-refractivity contribution in [2.24, 2.45) is 0 Å². The Morgan fingerprint density at radius 3 is 2.79 bits per heavy atom. The first-order chi connectivity index (χ1) is 11.5. The topological polar surface area (TPSA) is 63.5 Å². The van der Waals surface area contributed by atoms with Crippen LogP contribution < -0.4 is 10.2 Å². The Balaban J connectivity index is 1.94. The summed E-state index contributed by atoms with van der Waals surface area (Å²) in [5.74, 6) is -0.678. The first-order valence-corrected chi connectivity index (χ1v) is 7.54. The molecule has 2 N–H and O–H groups in total. The highest BCUT2D eigenvalue weighted by molar-refractivity contribution is 6.32. The fraction of sp³-hybridized carbons (Fsp3) is 0.118. The molecule has 2 aromatic carbocycles. The quantitative estimate of drug-likeness (QED) is 0.550. The molecule has 1 heterocycles. The van der Waals surface area contributed by atoms with Gasteiger partial charge in [-0.2, -0.15) is 0 Å². The highest BCUT2D eigenvalue weighted by atomic mass is 35.5. The number of nitrogens with zero attached hydrogens (tertiary/aromatic N) is 1. The van der Waals surface area contributed by atoms with Crippen molar-refractivity contribution in [2.45, 2.75) is 13.2 Å². The second-order valence-electron chi connectivity index (χ2n) is 5.23. The van der Waals surface area contributed by atoms with Crippen molar-refractivity contribution in [3.63, 3.8) is 0 Å². The summed E-state index contributed by atoms with van der Waals surface area (Å²) in [5.41, 5.74) is 2.68. The van der Waals surface area contributed by atoms with Gasteiger partial charge in [0.1, 0.15) is 11.6 Å². The molecule has 1 aromatic heterocycles. The zero-order valence-electron chi connectivity index (χ0n) is 12.7. The maximum absolute atomic E-state index is 13.1. The maximum atomic E-state index is 13.1. The standard InChI is InChI=1S/C17H14ClFN2O3/c1-10(24-16-5-4-13(19)9-14(16)18)21-7-6-11-2-3-12(8-15(11)21)17(22)20-23/h2-10,23H,1H3,(H,20,22). The minimum atomic E-state index is -0.597. The van der Waals surface area contributed by atoms with Gasteiger partial charge < -0.3 is 9.30 Å². The van der Waals surface area contributed by atoms with Gasteiger partial charge in [0.15, 0.2) is 6.23 Å². The smallest absolute Gasteiger partial charge is 0.274 e. The van der Waals surface area contributed by atoms with Crippen LogP contribution in [0.15, 0.2) is 48.7 Å². The normalized spacial score (nSPS) is 12.2. The fourth-order valence-electron chi connectivity index (χ4n) is 2.48. The van der Waals surface area contributed by atoms with E-state index in [-0.39, 0.29) is 5.02 Å². The number of ether oxygens (including phenoxy) is 1. The molecule has 0 saturated carbocycles. The number of carbonyl (C=O) groups excluding carboxylic acids is 1. The summed E-state index contributed by atoms with van der Waals surface area (Å²) in [6, 6.07) is 10.8. The van der Waals surface area contributed by atoms with Crippen molar-refractivity contribution >= 4 is 28.4 Å². The van der Waals surface area contributed by atoms with E-state index in [1.807, 2.05) is 16.8 Å². The van der Waals surface area contributed by atoms with E-state index in [0.717, 1.165) is 10.9 Å². The predicted octanol–water partition coefficient (Wildman–Crippen LogP) is 4.15. The van der Waals surface area contributed by atoms with Gasteiger partial charge in [-0.25, -0.2) is 9.87 Å². The number of hydrogen-bond donors (Lipinski definition) is 2. The molecule has 1 amide bonds. The Labute approximate surface area is 142 Å². The monoisotopic (exact) mass is 348 g/mol. The highest BCUT2D eigenvalue weighted by Gasteiger charge is 2.14. The molecule has 3 rings (SSSR count). The van der Waals surface area contributed by atoms with Crippen LogP contribution in [-0.4, -0.2) is 15.7 Å². The van der Waals surface area contributed by atoms with Crippen molar-refractivity contribution < 1.29 is 19.1 Å². The Hall–Kier alpha value is -2.57. The molecule has 1 unspecified atom stereocenters. The van der Waals surface area contributed by atoms with Crippen molar-refractivity contribution in [3.8, 4) is 5.75 Å². The Bertz CT molecular complexity index is 910. The van der Waals surface area contributed by atoms with Gasteiger partial charge in [0.25, 0.3) is 5.91 Å². The number of aromatic nitrogens is 1. The van der Waals surface area contributed by atoms with E-state index in [9.17, 15) is 9.18 Å². The highest BCUT2D eigenvalue weighted by Crippen LogP contribution is 2.29. The average molecular weight is 349 g/mol. The number of hydroxylamine groups is 1. The Kier molecular flexibility index (Phi) is 4.42. The molecule has 0 aliphatic heterocycles. The van der Waals surface area contributed by atoms with Gasteiger partial charge in [-0.3, -0.25) is 10.0 Å². The van der Waals surface area contributed by atoms with Gasteiger partial charge in [-0.15, -0.1) is 0 Å². The van der Waals surface area contributed by atoms with Crippen LogP contribution in [0.2, 0.25) is 5.02 Å². The molecule has 1 atom stereocenters. The number of nitrogens with one attached hydrogen (secondary N) is 1. The number of carbonyl (C=O) groups is 1. The van der Waals surface area contributed by atoms with Crippen molar-refractivity contribution in [2.75, 3.05) is 0 Å². The number of rotatable bonds is 4.